The van der Waals surface area contributed by atoms with E-state index in [1.807, 2.05) is 6.92 Å². The molecule has 1 aromatic heterocycles. The first kappa shape index (κ1) is 27.0. The van der Waals surface area contributed by atoms with Gasteiger partial charge in [0.15, 0.2) is 0 Å². The smallest absolute Gasteiger partial charge is 0.330 e. The molecule has 0 spiro atoms. The first-order valence-electron chi connectivity index (χ1n) is 10.5. The molecule has 190 valence electrons. The fourth-order valence-electron chi connectivity index (χ4n) is 3.69. The summed E-state index contributed by atoms with van der Waals surface area (Å²) in [5, 5.41) is 26.0. The minimum absolute atomic E-state index is 0.0327. The monoisotopic (exact) mass is 485 g/mol. The Morgan fingerprint density at radius 2 is 2.21 bits per heavy atom. The van der Waals surface area contributed by atoms with E-state index in [1.54, 1.807) is 7.11 Å². The highest BCUT2D eigenvalue weighted by Gasteiger charge is 2.43. The van der Waals surface area contributed by atoms with Gasteiger partial charge in [0.1, 0.15) is 12.3 Å². The molecule has 4 unspecified atom stereocenters. The number of hydrazine groups is 1. The lowest BCUT2D eigenvalue weighted by Crippen LogP contribution is -2.40. The summed E-state index contributed by atoms with van der Waals surface area (Å²) >= 11 is 0. The standard InChI is InChI=1S/C19H31N7O8/c1-12-16(33-3)14(11-32-2)34-18(12)25-10-13(17(28)22-19(25)29)4-5-15(27)21-7-9-24(8-6-20)26(31)23-30/h4-5,10,12,14,16,18,30H,6-9,11,20H2,1-3H3,(H,21,27)(H,22,28,29)/b5-4+,26-23?. The molecule has 34 heavy (non-hydrogen) atoms. The summed E-state index contributed by atoms with van der Waals surface area (Å²) < 4.78 is 17.8. The topological polar surface area (TPSA) is 200 Å². The van der Waals surface area contributed by atoms with Crippen molar-refractivity contribution >= 4 is 12.0 Å². The zero-order valence-electron chi connectivity index (χ0n) is 19.2. The van der Waals surface area contributed by atoms with Crippen molar-refractivity contribution in [3.05, 3.63) is 43.9 Å². The summed E-state index contributed by atoms with van der Waals surface area (Å²) in [6.07, 6.45) is 2.25. The van der Waals surface area contributed by atoms with E-state index >= 15 is 0 Å². The third-order valence-electron chi connectivity index (χ3n) is 5.31. The molecule has 15 heteroatoms. The van der Waals surface area contributed by atoms with Crippen LogP contribution >= 0.6 is 0 Å². The number of hydrogen-bond acceptors (Lipinski definition) is 9. The van der Waals surface area contributed by atoms with Crippen LogP contribution in [-0.2, 0) is 19.0 Å². The van der Waals surface area contributed by atoms with E-state index in [1.165, 1.54) is 23.9 Å². The van der Waals surface area contributed by atoms with Crippen LogP contribution in [0, 0.1) is 11.1 Å². The maximum atomic E-state index is 12.4. The van der Waals surface area contributed by atoms with Crippen LogP contribution in [0.25, 0.3) is 6.08 Å². The largest absolute Gasteiger partial charge is 0.569 e. The lowest BCUT2D eigenvalue weighted by molar-refractivity contribution is -0.708. The molecule has 1 saturated heterocycles. The Bertz CT molecular complexity index is 992. The molecule has 0 aliphatic carbocycles. The lowest BCUT2D eigenvalue weighted by Gasteiger charge is -2.19. The number of aromatic nitrogens is 2. The van der Waals surface area contributed by atoms with Crippen LogP contribution in [0.4, 0.5) is 0 Å². The van der Waals surface area contributed by atoms with Crippen LogP contribution in [-0.4, -0.2) is 89.9 Å². The maximum absolute atomic E-state index is 12.4. The van der Waals surface area contributed by atoms with E-state index in [0.29, 0.717) is 0 Å². The number of hydrogen-bond donors (Lipinski definition) is 4. The normalized spacial score (nSPS) is 22.9. The van der Waals surface area contributed by atoms with Gasteiger partial charge in [-0.25, -0.2) is 4.79 Å². The van der Waals surface area contributed by atoms with Crippen molar-refractivity contribution in [3.8, 4) is 0 Å². The van der Waals surface area contributed by atoms with Crippen molar-refractivity contribution in [3.63, 3.8) is 0 Å². The van der Waals surface area contributed by atoms with E-state index in [2.05, 4.69) is 15.6 Å². The molecule has 1 amide bonds. The van der Waals surface area contributed by atoms with Crippen LogP contribution in [0.1, 0.15) is 18.7 Å². The summed E-state index contributed by atoms with van der Waals surface area (Å²) in [6.45, 7) is 2.46. The lowest BCUT2D eigenvalue weighted by atomic mass is 10.0. The number of nitrogens with zero attached hydrogens (tertiary/aromatic N) is 4. The van der Waals surface area contributed by atoms with Crippen molar-refractivity contribution in [2.75, 3.05) is 47.0 Å². The molecule has 0 aromatic carbocycles. The number of aromatic amines is 1. The summed E-state index contributed by atoms with van der Waals surface area (Å²) in [6, 6.07) is 0. The molecule has 1 aliphatic heterocycles. The van der Waals surface area contributed by atoms with Gasteiger partial charge in [-0.15, -0.1) is 5.01 Å². The Balaban J connectivity index is 2.11. The fraction of sp³-hybridized carbons (Fsp3) is 0.632. The molecule has 4 atom stereocenters. The summed E-state index contributed by atoms with van der Waals surface area (Å²) in [5.74, 6) is -0.773. The molecule has 0 radical (unpaired) electrons. The van der Waals surface area contributed by atoms with Crippen molar-refractivity contribution in [1.82, 2.24) is 19.9 Å². The molecule has 0 saturated carbocycles. The molecule has 1 aliphatic rings. The zero-order valence-corrected chi connectivity index (χ0v) is 19.2. The molecule has 1 fully saturated rings. The first-order chi connectivity index (χ1) is 16.3. The van der Waals surface area contributed by atoms with Gasteiger partial charge in [-0.3, -0.25) is 19.1 Å². The van der Waals surface area contributed by atoms with Gasteiger partial charge in [0.2, 0.25) is 11.2 Å². The fourth-order valence-corrected chi connectivity index (χ4v) is 3.69. The second-order valence-electron chi connectivity index (χ2n) is 7.54. The molecule has 0 bridgehead atoms. The Morgan fingerprint density at radius 3 is 2.82 bits per heavy atom. The Hall–Kier alpha value is -3.27. The number of H-pyrrole nitrogens is 1. The number of amides is 1. The molecule has 15 nitrogen and oxygen atoms in total. The molecular weight excluding hydrogens is 454 g/mol. The van der Waals surface area contributed by atoms with Crippen molar-refractivity contribution in [1.29, 1.82) is 0 Å². The van der Waals surface area contributed by atoms with Crippen molar-refractivity contribution < 1.29 is 29.2 Å². The quantitative estimate of drug-likeness (QED) is 0.115. The van der Waals surface area contributed by atoms with Crippen LogP contribution < -0.4 is 22.3 Å². The van der Waals surface area contributed by atoms with Gasteiger partial charge in [-0.2, -0.15) is 0 Å². The average molecular weight is 485 g/mol. The minimum Gasteiger partial charge on any atom is -0.569 e. The molecule has 2 rings (SSSR count). The number of nitrogens with one attached hydrogen (secondary N) is 2. The van der Waals surface area contributed by atoms with Crippen molar-refractivity contribution in [2.45, 2.75) is 25.4 Å². The third kappa shape index (κ3) is 6.63. The van der Waals surface area contributed by atoms with Crippen molar-refractivity contribution in [2.24, 2.45) is 16.9 Å². The van der Waals surface area contributed by atoms with Gasteiger partial charge in [0, 0.05) is 45.5 Å². The Labute approximate surface area is 194 Å². The predicted octanol–water partition coefficient (Wildman–Crippen LogP) is -1.61. The highest BCUT2D eigenvalue weighted by molar-refractivity contribution is 5.91. The van der Waals surface area contributed by atoms with Crippen LogP contribution in [0.5, 0.6) is 0 Å². The van der Waals surface area contributed by atoms with Gasteiger partial charge in [-0.1, -0.05) is 6.92 Å². The number of nitrogens with two attached hydrogens (primary N) is 1. The number of carbonyl (C=O) groups excluding carboxylic acids is 1. The molecule has 5 N–H and O–H groups in total. The molecular formula is C19H31N7O8. The van der Waals surface area contributed by atoms with Gasteiger partial charge < -0.3 is 35.7 Å². The number of carbonyl (C=O) groups is 1. The van der Waals surface area contributed by atoms with Crippen LogP contribution in [0.2, 0.25) is 0 Å². The first-order valence-corrected chi connectivity index (χ1v) is 10.5. The van der Waals surface area contributed by atoms with Gasteiger partial charge in [0.05, 0.1) is 36.3 Å². The minimum atomic E-state index is -0.712. The summed E-state index contributed by atoms with van der Waals surface area (Å²) in [4.78, 5) is 39.0. The third-order valence-corrected chi connectivity index (χ3v) is 5.31. The Kier molecular flexibility index (Phi) is 10.2. The van der Waals surface area contributed by atoms with E-state index in [-0.39, 0.29) is 55.3 Å². The number of rotatable bonds is 12. The van der Waals surface area contributed by atoms with Gasteiger partial charge >= 0.3 is 5.69 Å². The summed E-state index contributed by atoms with van der Waals surface area (Å²) in [5.41, 5.74) is 4.11. The summed E-state index contributed by atoms with van der Waals surface area (Å²) in [7, 11) is 3.07. The molecule has 2 heterocycles. The number of methoxy groups -OCH3 is 2. The average Bonchev–Trinajstić information content (AvgIpc) is 3.12. The zero-order chi connectivity index (χ0) is 25.3. The van der Waals surface area contributed by atoms with Crippen LogP contribution in [0.15, 0.2) is 27.1 Å². The SMILES string of the molecule is COCC1OC(n2cc(/C=C/C(=O)NCCN(CCN)[N+]([O-])=NO)c(=O)[nH]c2=O)C(C)C1OC. The van der Waals surface area contributed by atoms with Crippen LogP contribution in [0.3, 0.4) is 0 Å². The molecule has 1 aromatic rings. The van der Waals surface area contributed by atoms with Gasteiger partial charge in [0.25, 0.3) is 5.56 Å². The van der Waals surface area contributed by atoms with E-state index < -0.39 is 29.5 Å². The maximum Gasteiger partial charge on any atom is 0.330 e. The van der Waals surface area contributed by atoms with E-state index in [4.69, 9.17) is 25.2 Å². The van der Waals surface area contributed by atoms with E-state index in [9.17, 15) is 19.6 Å². The Morgan fingerprint density at radius 1 is 1.47 bits per heavy atom. The van der Waals surface area contributed by atoms with Gasteiger partial charge in [-0.05, 0) is 6.08 Å². The predicted molar refractivity (Wildman–Crippen MR) is 118 cm³/mol. The second-order valence-corrected chi connectivity index (χ2v) is 7.54. The highest BCUT2D eigenvalue weighted by Crippen LogP contribution is 2.35. The highest BCUT2D eigenvalue weighted by atomic mass is 16.6. The second kappa shape index (κ2) is 12.8. The number of ether oxygens (including phenoxy) is 3. The van der Waals surface area contributed by atoms with E-state index in [0.717, 1.165) is 11.1 Å².